The lowest BCUT2D eigenvalue weighted by Crippen LogP contribution is -2.50. The van der Waals surface area contributed by atoms with Gasteiger partial charge in [-0.3, -0.25) is 9.80 Å². The van der Waals surface area contributed by atoms with Crippen molar-refractivity contribution in [3.63, 3.8) is 0 Å². The van der Waals surface area contributed by atoms with Gasteiger partial charge < -0.3 is 5.11 Å². The molecule has 108 valence electrons. The second-order valence-electron chi connectivity index (χ2n) is 6.17. The Hall–Kier alpha value is -1.41. The minimum atomic E-state index is -0.616. The van der Waals surface area contributed by atoms with Crippen molar-refractivity contribution in [2.45, 2.75) is 26.0 Å². The van der Waals surface area contributed by atoms with Gasteiger partial charge in [-0.1, -0.05) is 12.1 Å². The number of piperazine rings is 1. The molecule has 0 radical (unpaired) electrons. The van der Waals surface area contributed by atoms with Gasteiger partial charge in [0.2, 0.25) is 0 Å². The smallest absolute Gasteiger partial charge is 0.0991 e. The molecule has 1 aromatic rings. The Morgan fingerprint density at radius 1 is 1.10 bits per heavy atom. The van der Waals surface area contributed by atoms with Gasteiger partial charge in [-0.2, -0.15) is 5.26 Å². The Labute approximate surface area is 121 Å². The minimum Gasteiger partial charge on any atom is -0.389 e. The monoisotopic (exact) mass is 273 g/mol. The van der Waals surface area contributed by atoms with Crippen molar-refractivity contribution in [2.24, 2.45) is 0 Å². The van der Waals surface area contributed by atoms with Crippen LogP contribution in [0.25, 0.3) is 0 Å². The maximum Gasteiger partial charge on any atom is 0.0991 e. The zero-order chi connectivity index (χ0) is 14.6. The third-order valence-electron chi connectivity index (χ3n) is 3.56. The van der Waals surface area contributed by atoms with Gasteiger partial charge in [0, 0.05) is 39.3 Å². The Morgan fingerprint density at radius 2 is 1.65 bits per heavy atom. The van der Waals surface area contributed by atoms with Crippen LogP contribution in [-0.2, 0) is 6.54 Å². The molecule has 0 amide bonds. The van der Waals surface area contributed by atoms with E-state index in [1.54, 1.807) is 0 Å². The van der Waals surface area contributed by atoms with Crippen LogP contribution in [0.1, 0.15) is 25.0 Å². The van der Waals surface area contributed by atoms with E-state index >= 15 is 0 Å². The van der Waals surface area contributed by atoms with Crippen LogP contribution in [0.15, 0.2) is 24.3 Å². The molecule has 20 heavy (non-hydrogen) atoms. The molecule has 0 aliphatic carbocycles. The SMILES string of the molecule is CC(C)(O)CN1CCN(Cc2ccc(C#N)cc2)CC1. The predicted octanol–water partition coefficient (Wildman–Crippen LogP) is 1.45. The second kappa shape index (κ2) is 6.36. The highest BCUT2D eigenvalue weighted by Crippen LogP contribution is 2.12. The van der Waals surface area contributed by atoms with Crippen molar-refractivity contribution in [1.29, 1.82) is 5.26 Å². The topological polar surface area (TPSA) is 50.5 Å². The number of hydrogen-bond donors (Lipinski definition) is 1. The molecule has 0 atom stereocenters. The molecule has 0 spiro atoms. The van der Waals surface area contributed by atoms with Crippen LogP contribution in [0.4, 0.5) is 0 Å². The number of nitriles is 1. The van der Waals surface area contributed by atoms with E-state index in [0.29, 0.717) is 5.56 Å². The van der Waals surface area contributed by atoms with Crippen molar-refractivity contribution in [1.82, 2.24) is 9.80 Å². The van der Waals surface area contributed by atoms with E-state index in [-0.39, 0.29) is 0 Å². The van der Waals surface area contributed by atoms with Gasteiger partial charge in [0.05, 0.1) is 17.2 Å². The van der Waals surface area contributed by atoms with E-state index in [1.807, 2.05) is 38.1 Å². The molecule has 1 aliphatic rings. The molecule has 1 heterocycles. The molecule has 2 rings (SSSR count). The summed E-state index contributed by atoms with van der Waals surface area (Å²) in [5, 5.41) is 18.6. The highest BCUT2D eigenvalue weighted by molar-refractivity contribution is 5.31. The molecule has 1 saturated heterocycles. The standard InChI is InChI=1S/C16H23N3O/c1-16(2,20)13-19-9-7-18(8-10-19)12-15-5-3-14(11-17)4-6-15/h3-6,20H,7-10,12-13H2,1-2H3. The number of benzene rings is 1. The van der Waals surface area contributed by atoms with E-state index in [2.05, 4.69) is 15.9 Å². The summed E-state index contributed by atoms with van der Waals surface area (Å²) >= 11 is 0. The van der Waals surface area contributed by atoms with Crippen LogP contribution in [0, 0.1) is 11.3 Å². The summed E-state index contributed by atoms with van der Waals surface area (Å²) in [7, 11) is 0. The highest BCUT2D eigenvalue weighted by atomic mass is 16.3. The van der Waals surface area contributed by atoms with Crippen LogP contribution in [-0.4, -0.2) is 53.2 Å². The van der Waals surface area contributed by atoms with Gasteiger partial charge in [0.1, 0.15) is 0 Å². The van der Waals surface area contributed by atoms with Gasteiger partial charge in [-0.05, 0) is 31.5 Å². The first-order valence-electron chi connectivity index (χ1n) is 7.12. The lowest BCUT2D eigenvalue weighted by atomic mass is 10.1. The summed E-state index contributed by atoms with van der Waals surface area (Å²) in [4.78, 5) is 4.73. The highest BCUT2D eigenvalue weighted by Gasteiger charge is 2.22. The average Bonchev–Trinajstić information content (AvgIpc) is 2.40. The van der Waals surface area contributed by atoms with Gasteiger partial charge in [-0.15, -0.1) is 0 Å². The normalized spacial score (nSPS) is 17.9. The van der Waals surface area contributed by atoms with Crippen molar-refractivity contribution in [3.8, 4) is 6.07 Å². The first-order chi connectivity index (χ1) is 9.46. The fourth-order valence-corrected chi connectivity index (χ4v) is 2.60. The fraction of sp³-hybridized carbons (Fsp3) is 0.562. The van der Waals surface area contributed by atoms with Crippen LogP contribution in [0.3, 0.4) is 0 Å². The molecule has 0 unspecified atom stereocenters. The van der Waals surface area contributed by atoms with Crippen molar-refractivity contribution in [2.75, 3.05) is 32.7 Å². The summed E-state index contributed by atoms with van der Waals surface area (Å²) < 4.78 is 0. The van der Waals surface area contributed by atoms with E-state index in [0.717, 1.165) is 39.3 Å². The van der Waals surface area contributed by atoms with Gasteiger partial charge in [0.25, 0.3) is 0 Å². The Balaban J connectivity index is 1.80. The Kier molecular flexibility index (Phi) is 4.77. The average molecular weight is 273 g/mol. The van der Waals surface area contributed by atoms with E-state index in [9.17, 15) is 5.11 Å². The fourth-order valence-electron chi connectivity index (χ4n) is 2.60. The third kappa shape index (κ3) is 4.61. The van der Waals surface area contributed by atoms with Crippen LogP contribution in [0.5, 0.6) is 0 Å². The molecule has 1 N–H and O–H groups in total. The summed E-state index contributed by atoms with van der Waals surface area (Å²) in [6.07, 6.45) is 0. The Bertz CT molecular complexity index is 462. The number of hydrogen-bond acceptors (Lipinski definition) is 4. The molecular weight excluding hydrogens is 250 g/mol. The number of β-amino-alcohol motifs (C(OH)–C–C–N with tert-alkyl or cyclic N) is 1. The van der Waals surface area contributed by atoms with Crippen LogP contribution >= 0.6 is 0 Å². The molecule has 0 bridgehead atoms. The molecule has 4 heteroatoms. The largest absolute Gasteiger partial charge is 0.389 e. The minimum absolute atomic E-state index is 0.616. The quantitative estimate of drug-likeness (QED) is 0.902. The maximum atomic E-state index is 9.84. The molecule has 0 saturated carbocycles. The Morgan fingerprint density at radius 3 is 2.15 bits per heavy atom. The third-order valence-corrected chi connectivity index (χ3v) is 3.56. The van der Waals surface area contributed by atoms with E-state index in [1.165, 1.54) is 5.56 Å². The number of aliphatic hydroxyl groups is 1. The van der Waals surface area contributed by atoms with Crippen LogP contribution < -0.4 is 0 Å². The molecule has 1 aromatic carbocycles. The lowest BCUT2D eigenvalue weighted by molar-refractivity contribution is 0.0167. The summed E-state index contributed by atoms with van der Waals surface area (Å²) in [6, 6.07) is 9.95. The first-order valence-corrected chi connectivity index (χ1v) is 7.12. The number of rotatable bonds is 4. The molecule has 4 nitrogen and oxygen atoms in total. The molecule has 0 aromatic heterocycles. The van der Waals surface area contributed by atoms with E-state index < -0.39 is 5.60 Å². The maximum absolute atomic E-state index is 9.84. The summed E-state index contributed by atoms with van der Waals surface area (Å²) in [6.45, 7) is 9.43. The van der Waals surface area contributed by atoms with Crippen LogP contribution in [0.2, 0.25) is 0 Å². The van der Waals surface area contributed by atoms with Crippen molar-refractivity contribution < 1.29 is 5.11 Å². The lowest BCUT2D eigenvalue weighted by Gasteiger charge is -2.37. The van der Waals surface area contributed by atoms with Gasteiger partial charge in [-0.25, -0.2) is 0 Å². The second-order valence-corrected chi connectivity index (χ2v) is 6.17. The molecule has 1 aliphatic heterocycles. The van der Waals surface area contributed by atoms with Gasteiger partial charge in [0.15, 0.2) is 0 Å². The zero-order valence-corrected chi connectivity index (χ0v) is 12.3. The summed E-state index contributed by atoms with van der Waals surface area (Å²) in [5.74, 6) is 0. The van der Waals surface area contributed by atoms with Gasteiger partial charge >= 0.3 is 0 Å². The number of nitrogens with zero attached hydrogens (tertiary/aromatic N) is 3. The van der Waals surface area contributed by atoms with E-state index in [4.69, 9.17) is 5.26 Å². The molecule has 1 fully saturated rings. The predicted molar refractivity (Wildman–Crippen MR) is 79.2 cm³/mol. The van der Waals surface area contributed by atoms with Crippen molar-refractivity contribution in [3.05, 3.63) is 35.4 Å². The summed E-state index contributed by atoms with van der Waals surface area (Å²) in [5.41, 5.74) is 1.35. The first kappa shape index (κ1) is 15.0. The zero-order valence-electron chi connectivity index (χ0n) is 12.3. The molecular formula is C16H23N3O. The van der Waals surface area contributed by atoms with Crippen molar-refractivity contribution >= 4 is 0 Å².